The molecule has 0 aliphatic carbocycles. The predicted molar refractivity (Wildman–Crippen MR) is 116 cm³/mol. The van der Waals surface area contributed by atoms with Crippen LogP contribution in [0, 0.1) is 12.4 Å². The predicted octanol–water partition coefficient (Wildman–Crippen LogP) is 2.18. The molecule has 2 atom stereocenters. The van der Waals surface area contributed by atoms with Crippen molar-refractivity contribution >= 4 is 33.0 Å². The number of nitrogens with zero attached hydrogens (tertiary/aromatic N) is 3. The smallest absolute Gasteiger partial charge is 0.274 e. The fourth-order valence-corrected chi connectivity index (χ4v) is 6.25. The van der Waals surface area contributed by atoms with Crippen LogP contribution in [0.25, 0.3) is 4.85 Å². The number of sulfone groups is 1. The Morgan fingerprint density at radius 3 is 2.72 bits per heavy atom. The second kappa shape index (κ2) is 7.65. The normalized spacial score (nSPS) is 26.3. The van der Waals surface area contributed by atoms with Gasteiger partial charge in [-0.15, -0.1) is 0 Å². The van der Waals surface area contributed by atoms with Crippen molar-refractivity contribution in [2.45, 2.75) is 23.6 Å². The van der Waals surface area contributed by atoms with E-state index in [1.807, 2.05) is 0 Å². The number of hydrogen-bond donors (Lipinski definition) is 2. The van der Waals surface area contributed by atoms with Crippen LogP contribution in [-0.4, -0.2) is 48.9 Å². The van der Waals surface area contributed by atoms with Gasteiger partial charge in [0.2, 0.25) is 5.69 Å². The largest absolute Gasteiger partial charge is 0.386 e. The first-order valence-electron chi connectivity index (χ1n) is 9.71. The number of anilines is 1. The van der Waals surface area contributed by atoms with E-state index in [9.17, 15) is 17.6 Å². The van der Waals surface area contributed by atoms with Crippen LogP contribution in [0.5, 0.6) is 0 Å². The Kier molecular flexibility index (Phi) is 5.22. The number of rotatable bonds is 3. The molecule has 0 bridgehead atoms. The lowest BCUT2D eigenvalue weighted by atomic mass is 9.92. The minimum absolute atomic E-state index is 0.00750. The summed E-state index contributed by atoms with van der Waals surface area (Å²) in [7, 11) is -3.80. The summed E-state index contributed by atoms with van der Waals surface area (Å²) < 4.78 is 45.0. The number of pyridine rings is 1. The first kappa shape index (κ1) is 21.9. The molecule has 1 saturated heterocycles. The number of halogens is 1. The van der Waals surface area contributed by atoms with Crippen molar-refractivity contribution in [2.24, 2.45) is 10.7 Å². The number of hydrogen-bond acceptors (Lipinski definition) is 7. The molecule has 1 spiro atoms. The molecule has 1 amide bonds. The first-order valence-corrected chi connectivity index (χ1v) is 11.4. The Morgan fingerprint density at radius 1 is 1.34 bits per heavy atom. The van der Waals surface area contributed by atoms with Crippen LogP contribution in [0.1, 0.15) is 29.4 Å². The van der Waals surface area contributed by atoms with Crippen molar-refractivity contribution in [3.05, 3.63) is 65.0 Å². The van der Waals surface area contributed by atoms with Crippen molar-refractivity contribution < 1.29 is 22.3 Å². The van der Waals surface area contributed by atoms with E-state index >= 15 is 0 Å². The zero-order valence-corrected chi connectivity index (χ0v) is 17.9. The number of amides is 1. The highest BCUT2D eigenvalue weighted by Gasteiger charge is 2.57. The summed E-state index contributed by atoms with van der Waals surface area (Å²) in [5, 5.41) is 2.61. The molecule has 1 aromatic carbocycles. The molecule has 3 heterocycles. The first-order chi connectivity index (χ1) is 15.1. The van der Waals surface area contributed by atoms with Crippen LogP contribution in [0.4, 0.5) is 15.8 Å². The molecule has 4 rings (SSSR count). The zero-order valence-electron chi connectivity index (χ0n) is 17.1. The van der Waals surface area contributed by atoms with Crippen molar-refractivity contribution in [1.29, 1.82) is 0 Å². The molecule has 2 aliphatic rings. The van der Waals surface area contributed by atoms with Crippen LogP contribution in [0.3, 0.4) is 0 Å². The number of nitrogens with one attached hydrogen (secondary N) is 1. The van der Waals surface area contributed by atoms with E-state index in [4.69, 9.17) is 17.0 Å². The fraction of sp³-hybridized carbons (Fsp3) is 0.333. The van der Waals surface area contributed by atoms with Gasteiger partial charge in [0.05, 0.1) is 18.9 Å². The number of amidine groups is 1. The maximum atomic E-state index is 14.8. The van der Waals surface area contributed by atoms with Crippen LogP contribution in [0.2, 0.25) is 0 Å². The highest BCUT2D eigenvalue weighted by atomic mass is 32.2. The molecule has 9 nitrogen and oxygen atoms in total. The molecule has 0 radical (unpaired) electrons. The molecular formula is C21H20FN5O4S. The maximum absolute atomic E-state index is 14.8. The zero-order chi connectivity index (χ0) is 23.1. The van der Waals surface area contributed by atoms with Gasteiger partial charge in [0.1, 0.15) is 22.9 Å². The number of carbonyl (C=O) groups excluding carboxylic acids is 1. The summed E-state index contributed by atoms with van der Waals surface area (Å²) in [5.74, 6) is -1.78. The molecule has 0 unspecified atom stereocenters. The molecule has 3 N–H and O–H groups in total. The molecule has 1 fully saturated rings. The number of ether oxygens (including phenoxy) is 1. The minimum atomic E-state index is -3.80. The third-order valence-electron chi connectivity index (χ3n) is 5.80. The lowest BCUT2D eigenvalue weighted by Crippen LogP contribution is -2.58. The quantitative estimate of drug-likeness (QED) is 0.680. The number of aromatic nitrogens is 1. The van der Waals surface area contributed by atoms with Gasteiger partial charge in [-0.2, -0.15) is 0 Å². The van der Waals surface area contributed by atoms with Crippen molar-refractivity contribution in [3.8, 4) is 0 Å². The number of carbonyl (C=O) groups is 1. The molecule has 2 aromatic rings. The third kappa shape index (κ3) is 3.51. The van der Waals surface area contributed by atoms with E-state index in [0.29, 0.717) is 0 Å². The van der Waals surface area contributed by atoms with Gasteiger partial charge < -0.3 is 15.8 Å². The van der Waals surface area contributed by atoms with Crippen LogP contribution >= 0.6 is 0 Å². The standard InChI is InChI=1S/C21H20FN5O4S/c1-20(12-32(29,30)21(19(23)27-20)7-8-31-11-21)15-9-13(3-5-16(15)22)26-18(28)17-6-4-14(24-2)10-25-17/h3-6,9-10H,7-8,11-12H2,1H3,(H2,23,27)(H,26,28)/t20-,21+/m0/s1. The molecule has 32 heavy (non-hydrogen) atoms. The van der Waals surface area contributed by atoms with Gasteiger partial charge in [-0.25, -0.2) is 17.7 Å². The van der Waals surface area contributed by atoms with Gasteiger partial charge in [-0.05, 0) is 37.6 Å². The van der Waals surface area contributed by atoms with Crippen LogP contribution in [0.15, 0.2) is 41.5 Å². The lowest BCUT2D eigenvalue weighted by molar-refractivity contribution is 0.102. The van der Waals surface area contributed by atoms with E-state index in [-0.39, 0.29) is 48.1 Å². The number of benzene rings is 1. The Labute approximate surface area is 184 Å². The van der Waals surface area contributed by atoms with Gasteiger partial charge in [0.15, 0.2) is 14.6 Å². The Bertz CT molecular complexity index is 1260. The number of aliphatic imine (C=N–C) groups is 1. The van der Waals surface area contributed by atoms with Gasteiger partial charge >= 0.3 is 0 Å². The highest BCUT2D eigenvalue weighted by Crippen LogP contribution is 2.41. The third-order valence-corrected chi connectivity index (χ3v) is 8.46. The molecule has 2 aliphatic heterocycles. The van der Waals surface area contributed by atoms with Crippen molar-refractivity contribution in [1.82, 2.24) is 4.98 Å². The van der Waals surface area contributed by atoms with Gasteiger partial charge in [0, 0.05) is 24.1 Å². The average molecular weight is 457 g/mol. The lowest BCUT2D eigenvalue weighted by Gasteiger charge is -2.39. The Morgan fingerprint density at radius 2 is 2.12 bits per heavy atom. The topological polar surface area (TPSA) is 128 Å². The molecular weight excluding hydrogens is 437 g/mol. The second-order valence-electron chi connectivity index (χ2n) is 7.99. The minimum Gasteiger partial charge on any atom is -0.386 e. The van der Waals surface area contributed by atoms with E-state index in [0.717, 1.165) is 6.07 Å². The van der Waals surface area contributed by atoms with Crippen LogP contribution < -0.4 is 11.1 Å². The van der Waals surface area contributed by atoms with Gasteiger partial charge in [-0.3, -0.25) is 14.8 Å². The Balaban J connectivity index is 1.67. The monoisotopic (exact) mass is 457 g/mol. The molecule has 11 heteroatoms. The van der Waals surface area contributed by atoms with Gasteiger partial charge in [-0.1, -0.05) is 6.07 Å². The highest BCUT2D eigenvalue weighted by molar-refractivity contribution is 7.93. The SMILES string of the molecule is [C-]#[N+]c1ccc(C(=O)Nc2ccc(F)c([C@]3(C)CS(=O)(=O)[C@@]4(CCOC4)C(N)=N3)c2)nc1. The second-order valence-corrected chi connectivity index (χ2v) is 10.3. The van der Waals surface area contributed by atoms with E-state index < -0.39 is 37.6 Å². The van der Waals surface area contributed by atoms with E-state index in [2.05, 4.69) is 20.1 Å². The van der Waals surface area contributed by atoms with Crippen LogP contribution in [-0.2, 0) is 20.1 Å². The number of nitrogens with two attached hydrogens (primary N) is 1. The maximum Gasteiger partial charge on any atom is 0.274 e. The summed E-state index contributed by atoms with van der Waals surface area (Å²) in [6.45, 7) is 8.62. The summed E-state index contributed by atoms with van der Waals surface area (Å²) in [4.78, 5) is 24.0. The summed E-state index contributed by atoms with van der Waals surface area (Å²) >= 11 is 0. The molecule has 1 aromatic heterocycles. The van der Waals surface area contributed by atoms with Crippen molar-refractivity contribution in [3.63, 3.8) is 0 Å². The summed E-state index contributed by atoms with van der Waals surface area (Å²) in [6.07, 6.45) is 1.48. The Hall–Kier alpha value is -3.36. The summed E-state index contributed by atoms with van der Waals surface area (Å²) in [5.41, 5.74) is 5.21. The van der Waals surface area contributed by atoms with Crippen molar-refractivity contribution in [2.75, 3.05) is 24.3 Å². The van der Waals surface area contributed by atoms with Gasteiger partial charge in [0.25, 0.3) is 5.91 Å². The molecule has 0 saturated carbocycles. The van der Waals surface area contributed by atoms with E-state index in [1.165, 1.54) is 37.4 Å². The van der Waals surface area contributed by atoms with E-state index in [1.54, 1.807) is 0 Å². The summed E-state index contributed by atoms with van der Waals surface area (Å²) in [6, 6.07) is 6.68. The molecule has 166 valence electrons. The fourth-order valence-electron chi connectivity index (χ4n) is 4.00. The average Bonchev–Trinajstić information content (AvgIpc) is 3.26.